The van der Waals surface area contributed by atoms with Crippen molar-refractivity contribution >= 4 is 17.8 Å². The topological polar surface area (TPSA) is 90.6 Å². The molecule has 2 heterocycles. The Morgan fingerprint density at radius 3 is 2.51 bits per heavy atom. The van der Waals surface area contributed by atoms with E-state index >= 15 is 0 Å². The van der Waals surface area contributed by atoms with Gasteiger partial charge in [0.25, 0.3) is 0 Å². The van der Waals surface area contributed by atoms with Crippen LogP contribution in [0.1, 0.15) is 42.3 Å². The van der Waals surface area contributed by atoms with Crippen LogP contribution in [-0.4, -0.2) is 52.6 Å². The predicted octanol–water partition coefficient (Wildman–Crippen LogP) is 4.22. The lowest BCUT2D eigenvalue weighted by Gasteiger charge is -2.33. The first kappa shape index (κ1) is 24.4. The fourth-order valence-corrected chi connectivity index (χ4v) is 4.27. The number of rotatable bonds is 7. The number of fused-ring (bicyclic) bond motifs is 1. The van der Waals surface area contributed by atoms with Crippen LogP contribution < -0.4 is 5.32 Å². The van der Waals surface area contributed by atoms with Crippen molar-refractivity contribution in [1.29, 1.82) is 0 Å². The second kappa shape index (κ2) is 9.87. The number of hydrogen-bond donors (Lipinski definition) is 2. The lowest BCUT2D eigenvalue weighted by atomic mass is 10.0. The number of anilines is 1. The van der Waals surface area contributed by atoms with E-state index in [-0.39, 0.29) is 24.7 Å². The first-order valence-corrected chi connectivity index (χ1v) is 11.4. The SMILES string of the molecule is CN(C)CC(OC(=O)N1Cc2c(NC(=O)Cc3ccc(F)cc3)n[nH]c2C1(C)C)c1ccccc1. The normalized spacial score (nSPS) is 15.1. The van der Waals surface area contributed by atoms with E-state index in [0.717, 1.165) is 16.8 Å². The zero-order chi connectivity index (χ0) is 25.2. The predicted molar refractivity (Wildman–Crippen MR) is 130 cm³/mol. The van der Waals surface area contributed by atoms with Crippen molar-refractivity contribution in [2.75, 3.05) is 26.0 Å². The molecule has 1 aliphatic heterocycles. The van der Waals surface area contributed by atoms with Gasteiger partial charge in [-0.05, 0) is 51.2 Å². The molecule has 1 unspecified atom stereocenters. The van der Waals surface area contributed by atoms with Crippen molar-refractivity contribution in [3.05, 3.63) is 82.8 Å². The summed E-state index contributed by atoms with van der Waals surface area (Å²) in [5.74, 6) is -0.253. The highest BCUT2D eigenvalue weighted by Gasteiger charge is 2.45. The summed E-state index contributed by atoms with van der Waals surface area (Å²) in [6.45, 7) is 4.60. The van der Waals surface area contributed by atoms with Gasteiger partial charge in [-0.2, -0.15) is 5.10 Å². The number of hydrogen-bond acceptors (Lipinski definition) is 5. The number of nitrogens with zero attached hydrogens (tertiary/aromatic N) is 3. The van der Waals surface area contributed by atoms with Crippen molar-refractivity contribution in [1.82, 2.24) is 20.0 Å². The molecule has 0 aliphatic carbocycles. The average molecular weight is 480 g/mol. The monoisotopic (exact) mass is 479 g/mol. The van der Waals surface area contributed by atoms with Crippen LogP contribution in [0.25, 0.3) is 0 Å². The molecule has 1 aliphatic rings. The van der Waals surface area contributed by atoms with Crippen LogP contribution in [0.5, 0.6) is 0 Å². The van der Waals surface area contributed by atoms with Gasteiger partial charge in [0.2, 0.25) is 5.91 Å². The lowest BCUT2D eigenvalue weighted by Crippen LogP contribution is -2.42. The summed E-state index contributed by atoms with van der Waals surface area (Å²) in [6, 6.07) is 15.4. The Morgan fingerprint density at radius 1 is 1.17 bits per heavy atom. The number of carbonyl (C=O) groups excluding carboxylic acids is 2. The highest BCUT2D eigenvalue weighted by atomic mass is 19.1. The Labute approximate surface area is 204 Å². The van der Waals surface area contributed by atoms with Crippen molar-refractivity contribution in [2.24, 2.45) is 0 Å². The van der Waals surface area contributed by atoms with Gasteiger partial charge < -0.3 is 15.0 Å². The molecule has 2 amide bonds. The van der Waals surface area contributed by atoms with Gasteiger partial charge in [-0.1, -0.05) is 42.5 Å². The molecule has 0 spiro atoms. The number of ether oxygens (including phenoxy) is 1. The lowest BCUT2D eigenvalue weighted by molar-refractivity contribution is -0.115. The summed E-state index contributed by atoms with van der Waals surface area (Å²) < 4.78 is 19.1. The third kappa shape index (κ3) is 5.35. The number of likely N-dealkylation sites (N-methyl/N-ethyl adjacent to an activating group) is 1. The van der Waals surface area contributed by atoms with Gasteiger partial charge >= 0.3 is 6.09 Å². The Balaban J connectivity index is 1.47. The largest absolute Gasteiger partial charge is 0.440 e. The number of aromatic amines is 1. The smallest absolute Gasteiger partial charge is 0.411 e. The van der Waals surface area contributed by atoms with Crippen LogP contribution in [0.4, 0.5) is 15.0 Å². The van der Waals surface area contributed by atoms with Crippen molar-refractivity contribution < 1.29 is 18.7 Å². The summed E-state index contributed by atoms with van der Waals surface area (Å²) in [6.07, 6.45) is -0.791. The number of carbonyl (C=O) groups is 2. The molecule has 9 heteroatoms. The van der Waals surface area contributed by atoms with Crippen molar-refractivity contribution in [3.63, 3.8) is 0 Å². The van der Waals surface area contributed by atoms with E-state index in [1.54, 1.807) is 17.0 Å². The minimum atomic E-state index is -0.710. The Kier molecular flexibility index (Phi) is 6.88. The quantitative estimate of drug-likeness (QED) is 0.530. The summed E-state index contributed by atoms with van der Waals surface area (Å²) in [7, 11) is 3.86. The van der Waals surface area contributed by atoms with Gasteiger partial charge in [-0.15, -0.1) is 0 Å². The van der Waals surface area contributed by atoms with E-state index in [4.69, 9.17) is 4.74 Å². The molecule has 0 fully saturated rings. The molecule has 8 nitrogen and oxygen atoms in total. The molecule has 184 valence electrons. The highest BCUT2D eigenvalue weighted by Crippen LogP contribution is 2.41. The van der Waals surface area contributed by atoms with Gasteiger partial charge in [0.15, 0.2) is 5.82 Å². The van der Waals surface area contributed by atoms with Gasteiger partial charge in [0.05, 0.1) is 24.2 Å². The Morgan fingerprint density at radius 2 is 1.86 bits per heavy atom. The minimum Gasteiger partial charge on any atom is -0.440 e. The Bertz CT molecular complexity index is 1190. The van der Waals surface area contributed by atoms with Gasteiger partial charge in [-0.25, -0.2) is 9.18 Å². The number of benzene rings is 2. The van der Waals surface area contributed by atoms with Gasteiger partial charge in [0.1, 0.15) is 11.9 Å². The standard InChI is InChI=1S/C26H30FN5O3/c1-26(2)23-20(24(30-29-23)28-22(33)14-17-10-12-19(27)13-11-17)15-32(26)25(34)35-21(16-31(3)4)18-8-6-5-7-9-18/h5-13,21H,14-16H2,1-4H3,(H2,28,29,30,33). The first-order chi connectivity index (χ1) is 16.6. The zero-order valence-electron chi connectivity index (χ0n) is 20.3. The van der Waals surface area contributed by atoms with Crippen LogP contribution in [0.15, 0.2) is 54.6 Å². The van der Waals surface area contributed by atoms with Crippen molar-refractivity contribution in [3.8, 4) is 0 Å². The van der Waals surface area contributed by atoms with E-state index < -0.39 is 17.7 Å². The van der Waals surface area contributed by atoms with Gasteiger partial charge in [-0.3, -0.25) is 14.8 Å². The zero-order valence-corrected chi connectivity index (χ0v) is 20.3. The molecular weight excluding hydrogens is 449 g/mol. The molecular formula is C26H30FN5O3. The van der Waals surface area contributed by atoms with E-state index in [1.807, 2.05) is 63.2 Å². The van der Waals surface area contributed by atoms with Crippen LogP contribution in [0, 0.1) is 5.82 Å². The molecule has 0 bridgehead atoms. The van der Waals surface area contributed by atoms with Crippen LogP contribution in [-0.2, 0) is 28.0 Å². The van der Waals surface area contributed by atoms with E-state index in [2.05, 4.69) is 15.5 Å². The second-order valence-electron chi connectivity index (χ2n) is 9.47. The molecule has 1 aromatic heterocycles. The molecule has 0 saturated heterocycles. The molecule has 4 rings (SSSR count). The summed E-state index contributed by atoms with van der Waals surface area (Å²) >= 11 is 0. The van der Waals surface area contributed by atoms with Crippen LogP contribution in [0.2, 0.25) is 0 Å². The molecule has 1 atom stereocenters. The third-order valence-electron chi connectivity index (χ3n) is 6.17. The molecule has 3 aromatic rings. The molecule has 0 saturated carbocycles. The second-order valence-corrected chi connectivity index (χ2v) is 9.47. The fraction of sp³-hybridized carbons (Fsp3) is 0.346. The Hall–Kier alpha value is -3.72. The number of aromatic nitrogens is 2. The maximum atomic E-state index is 13.3. The number of halogens is 1. The van der Waals surface area contributed by atoms with Gasteiger partial charge in [0, 0.05) is 12.1 Å². The van der Waals surface area contributed by atoms with E-state index in [1.165, 1.54) is 12.1 Å². The summed E-state index contributed by atoms with van der Waals surface area (Å²) in [4.78, 5) is 29.5. The summed E-state index contributed by atoms with van der Waals surface area (Å²) in [5.41, 5.74) is 2.38. The van der Waals surface area contributed by atoms with E-state index in [9.17, 15) is 14.0 Å². The molecule has 0 radical (unpaired) electrons. The van der Waals surface area contributed by atoms with Crippen molar-refractivity contribution in [2.45, 2.75) is 38.5 Å². The number of amides is 2. The fourth-order valence-electron chi connectivity index (χ4n) is 4.27. The molecule has 2 N–H and O–H groups in total. The molecule has 35 heavy (non-hydrogen) atoms. The highest BCUT2D eigenvalue weighted by molar-refractivity contribution is 5.92. The first-order valence-electron chi connectivity index (χ1n) is 11.4. The number of nitrogens with one attached hydrogen (secondary N) is 2. The molecule has 2 aromatic carbocycles. The summed E-state index contributed by atoms with van der Waals surface area (Å²) in [5, 5.41) is 10.1. The van der Waals surface area contributed by atoms with Crippen LogP contribution in [0.3, 0.4) is 0 Å². The third-order valence-corrected chi connectivity index (χ3v) is 6.17. The van der Waals surface area contributed by atoms with E-state index in [0.29, 0.717) is 17.9 Å². The maximum absolute atomic E-state index is 13.3. The maximum Gasteiger partial charge on any atom is 0.411 e. The minimum absolute atomic E-state index is 0.0837. The average Bonchev–Trinajstić information content (AvgIpc) is 3.33. The van der Waals surface area contributed by atoms with Crippen LogP contribution >= 0.6 is 0 Å². The number of H-pyrrole nitrogens is 1.